The van der Waals surface area contributed by atoms with Crippen molar-refractivity contribution in [3.05, 3.63) is 52.4 Å². The zero-order valence-electron chi connectivity index (χ0n) is 10.3. The van der Waals surface area contributed by atoms with Crippen LogP contribution in [0.1, 0.15) is 10.4 Å². The first kappa shape index (κ1) is 12.7. The number of pyridine rings is 1. The molecule has 0 aliphatic rings. The van der Waals surface area contributed by atoms with Crippen molar-refractivity contribution >= 4 is 17.3 Å². The number of rotatable bonds is 3. The quantitative estimate of drug-likeness (QED) is 0.722. The predicted octanol–water partition coefficient (Wildman–Crippen LogP) is 1.22. The Labute approximate surface area is 109 Å². The highest BCUT2D eigenvalue weighted by atomic mass is 16.5. The largest absolute Gasteiger partial charge is 0.495 e. The van der Waals surface area contributed by atoms with Gasteiger partial charge in [0, 0.05) is 18.0 Å². The molecule has 2 aromatic rings. The molecule has 0 atom stereocenters. The zero-order chi connectivity index (χ0) is 13.8. The highest BCUT2D eigenvalue weighted by Gasteiger charge is 2.10. The summed E-state index contributed by atoms with van der Waals surface area (Å²) in [5, 5.41) is 2.67. The third-order valence-corrected chi connectivity index (χ3v) is 2.52. The molecule has 1 aromatic heterocycles. The molecule has 0 fully saturated rings. The number of carbonyl (C=O) groups excluding carboxylic acids is 1. The van der Waals surface area contributed by atoms with Crippen LogP contribution in [0.15, 0.2) is 41.3 Å². The molecule has 0 spiro atoms. The van der Waals surface area contributed by atoms with Gasteiger partial charge >= 0.3 is 0 Å². The van der Waals surface area contributed by atoms with Gasteiger partial charge in [-0.3, -0.25) is 9.59 Å². The van der Waals surface area contributed by atoms with Gasteiger partial charge in [-0.1, -0.05) is 0 Å². The van der Waals surface area contributed by atoms with Crippen molar-refractivity contribution in [1.82, 2.24) is 4.98 Å². The van der Waals surface area contributed by atoms with Crippen LogP contribution in [0.25, 0.3) is 0 Å². The first-order valence-electron chi connectivity index (χ1n) is 5.54. The number of methoxy groups -OCH3 is 1. The van der Waals surface area contributed by atoms with Crippen molar-refractivity contribution in [2.45, 2.75) is 0 Å². The van der Waals surface area contributed by atoms with Gasteiger partial charge in [0.2, 0.25) is 5.56 Å². The van der Waals surface area contributed by atoms with E-state index in [1.165, 1.54) is 25.4 Å². The van der Waals surface area contributed by atoms with Gasteiger partial charge in [0.15, 0.2) is 0 Å². The van der Waals surface area contributed by atoms with E-state index in [-0.39, 0.29) is 11.5 Å². The Hall–Kier alpha value is -2.76. The van der Waals surface area contributed by atoms with Crippen molar-refractivity contribution < 1.29 is 9.53 Å². The van der Waals surface area contributed by atoms with Crippen LogP contribution in [0.5, 0.6) is 5.75 Å². The predicted molar refractivity (Wildman–Crippen MR) is 72.4 cm³/mol. The van der Waals surface area contributed by atoms with Crippen LogP contribution in [0.4, 0.5) is 11.4 Å². The number of hydrogen-bond acceptors (Lipinski definition) is 4. The molecule has 6 heteroatoms. The molecule has 0 radical (unpaired) electrons. The first-order valence-corrected chi connectivity index (χ1v) is 5.54. The molecule has 1 amide bonds. The van der Waals surface area contributed by atoms with E-state index in [0.717, 1.165) is 0 Å². The molecule has 98 valence electrons. The van der Waals surface area contributed by atoms with Gasteiger partial charge in [-0.05, 0) is 24.3 Å². The van der Waals surface area contributed by atoms with E-state index in [2.05, 4.69) is 10.3 Å². The maximum absolute atomic E-state index is 12.0. The Morgan fingerprint density at radius 1 is 1.32 bits per heavy atom. The lowest BCUT2D eigenvalue weighted by atomic mass is 10.2. The van der Waals surface area contributed by atoms with Crippen LogP contribution in [0.3, 0.4) is 0 Å². The lowest BCUT2D eigenvalue weighted by Gasteiger charge is -2.10. The van der Waals surface area contributed by atoms with Crippen molar-refractivity contribution in [3.63, 3.8) is 0 Å². The third-order valence-electron chi connectivity index (χ3n) is 2.52. The van der Waals surface area contributed by atoms with E-state index in [0.29, 0.717) is 22.7 Å². The summed E-state index contributed by atoms with van der Waals surface area (Å²) in [5.41, 5.74) is 6.72. The van der Waals surface area contributed by atoms with E-state index in [1.807, 2.05) is 0 Å². The van der Waals surface area contributed by atoms with Crippen molar-refractivity contribution in [2.24, 2.45) is 0 Å². The Balaban J connectivity index is 2.25. The smallest absolute Gasteiger partial charge is 0.257 e. The molecule has 1 aromatic carbocycles. The maximum atomic E-state index is 12.0. The average Bonchev–Trinajstić information content (AvgIpc) is 2.39. The molecular weight excluding hydrogens is 246 g/mol. The zero-order valence-corrected chi connectivity index (χ0v) is 10.3. The lowest BCUT2D eigenvalue weighted by Crippen LogP contribution is -2.15. The highest BCUT2D eigenvalue weighted by Crippen LogP contribution is 2.26. The van der Waals surface area contributed by atoms with E-state index >= 15 is 0 Å². The number of aromatic nitrogens is 1. The second-order valence-corrected chi connectivity index (χ2v) is 3.86. The standard InChI is InChI=1S/C13H13N3O3/c1-19-11-4-3-9(14)6-10(11)16-13(18)8-2-5-12(17)15-7-8/h2-7H,14H2,1H3,(H,15,17)(H,16,18). The van der Waals surface area contributed by atoms with Crippen LogP contribution in [0, 0.1) is 0 Å². The molecular formula is C13H13N3O3. The number of aromatic amines is 1. The van der Waals surface area contributed by atoms with E-state index in [9.17, 15) is 9.59 Å². The van der Waals surface area contributed by atoms with E-state index in [4.69, 9.17) is 10.5 Å². The van der Waals surface area contributed by atoms with E-state index in [1.54, 1.807) is 18.2 Å². The average molecular weight is 259 g/mol. The second kappa shape index (κ2) is 5.26. The number of benzene rings is 1. The number of nitrogens with two attached hydrogens (primary N) is 1. The van der Waals surface area contributed by atoms with Crippen molar-refractivity contribution in [3.8, 4) is 5.75 Å². The number of carbonyl (C=O) groups is 1. The van der Waals surface area contributed by atoms with Gasteiger partial charge in [0.1, 0.15) is 5.75 Å². The summed E-state index contributed by atoms with van der Waals surface area (Å²) < 4.78 is 5.13. The highest BCUT2D eigenvalue weighted by molar-refractivity contribution is 6.05. The van der Waals surface area contributed by atoms with Gasteiger partial charge in [0.05, 0.1) is 18.4 Å². The SMILES string of the molecule is COc1ccc(N)cc1NC(=O)c1ccc(=O)[nH]c1. The summed E-state index contributed by atoms with van der Waals surface area (Å²) in [5.74, 6) is 0.145. The minimum Gasteiger partial charge on any atom is -0.495 e. The molecule has 2 rings (SSSR count). The number of hydrogen-bond donors (Lipinski definition) is 3. The number of amides is 1. The monoisotopic (exact) mass is 259 g/mol. The third kappa shape index (κ3) is 2.92. The Morgan fingerprint density at radius 2 is 2.11 bits per heavy atom. The number of nitrogens with one attached hydrogen (secondary N) is 2. The number of ether oxygens (including phenoxy) is 1. The molecule has 4 N–H and O–H groups in total. The maximum Gasteiger partial charge on any atom is 0.257 e. The fraction of sp³-hybridized carbons (Fsp3) is 0.0769. The molecule has 1 heterocycles. The molecule has 0 saturated carbocycles. The normalized spacial score (nSPS) is 9.95. The summed E-state index contributed by atoms with van der Waals surface area (Å²) in [7, 11) is 1.50. The Morgan fingerprint density at radius 3 is 2.74 bits per heavy atom. The fourth-order valence-corrected chi connectivity index (χ4v) is 1.57. The number of anilines is 2. The van der Waals surface area contributed by atoms with Crippen molar-refractivity contribution in [1.29, 1.82) is 0 Å². The molecule has 6 nitrogen and oxygen atoms in total. The van der Waals surface area contributed by atoms with Gasteiger partial charge in [0.25, 0.3) is 5.91 Å². The molecule has 19 heavy (non-hydrogen) atoms. The lowest BCUT2D eigenvalue weighted by molar-refractivity contribution is 0.102. The molecule has 0 aliphatic heterocycles. The van der Waals surface area contributed by atoms with Crippen LogP contribution < -0.4 is 21.3 Å². The summed E-state index contributed by atoms with van der Waals surface area (Å²) >= 11 is 0. The van der Waals surface area contributed by atoms with Crippen LogP contribution in [-0.2, 0) is 0 Å². The summed E-state index contributed by atoms with van der Waals surface area (Å²) in [6.07, 6.45) is 1.34. The minimum absolute atomic E-state index is 0.266. The van der Waals surface area contributed by atoms with Crippen molar-refractivity contribution in [2.75, 3.05) is 18.2 Å². The Bertz CT molecular complexity index is 644. The van der Waals surface area contributed by atoms with E-state index < -0.39 is 0 Å². The number of H-pyrrole nitrogens is 1. The van der Waals surface area contributed by atoms with Gasteiger partial charge in [-0.15, -0.1) is 0 Å². The Kier molecular flexibility index (Phi) is 3.51. The summed E-state index contributed by atoms with van der Waals surface area (Å²) in [4.78, 5) is 25.3. The van der Waals surface area contributed by atoms with Crippen LogP contribution in [-0.4, -0.2) is 18.0 Å². The molecule has 0 aliphatic carbocycles. The second-order valence-electron chi connectivity index (χ2n) is 3.86. The topological polar surface area (TPSA) is 97.2 Å². The fourth-order valence-electron chi connectivity index (χ4n) is 1.57. The van der Waals surface area contributed by atoms with Gasteiger partial charge in [-0.2, -0.15) is 0 Å². The first-order chi connectivity index (χ1) is 9.10. The summed E-state index contributed by atoms with van der Waals surface area (Å²) in [6.45, 7) is 0. The number of nitrogen functional groups attached to an aromatic ring is 1. The molecule has 0 bridgehead atoms. The molecule has 0 saturated heterocycles. The minimum atomic E-state index is -0.361. The summed E-state index contributed by atoms with van der Waals surface area (Å²) in [6, 6.07) is 7.66. The van der Waals surface area contributed by atoms with Gasteiger partial charge in [-0.25, -0.2) is 0 Å². The van der Waals surface area contributed by atoms with Crippen LogP contribution >= 0.6 is 0 Å². The van der Waals surface area contributed by atoms with Crippen LogP contribution in [0.2, 0.25) is 0 Å². The van der Waals surface area contributed by atoms with Gasteiger partial charge < -0.3 is 20.8 Å². The molecule has 0 unspecified atom stereocenters.